The molecule has 0 N–H and O–H groups in total. The van der Waals surface area contributed by atoms with E-state index in [1.807, 2.05) is 6.07 Å². The van der Waals surface area contributed by atoms with Crippen LogP contribution in [0.15, 0.2) is 24.3 Å². The largest absolute Gasteiger partial charge is 0.540 e. The maximum Gasteiger partial charge on any atom is 0.540 e. The maximum atomic E-state index is 12.1. The lowest BCUT2D eigenvalue weighted by Crippen LogP contribution is -2.15. The monoisotopic (exact) mass is 308 g/mol. The lowest BCUT2D eigenvalue weighted by Gasteiger charge is -2.16. The number of benzene rings is 1. The zero-order valence-corrected chi connectivity index (χ0v) is 11.6. The molecule has 2 atom stereocenters. The van der Waals surface area contributed by atoms with Crippen molar-refractivity contribution >= 4 is 7.82 Å². The Hall–Kier alpha value is -1.03. The molecule has 9 nitrogen and oxygen atoms in total. The van der Waals surface area contributed by atoms with Crippen molar-refractivity contribution < 1.29 is 43.3 Å². The molecule has 0 spiro atoms. The summed E-state index contributed by atoms with van der Waals surface area (Å²) in [5, 5.41) is 12.0. The Bertz CT molecular complexity index is 480. The van der Waals surface area contributed by atoms with Crippen molar-refractivity contribution in [3.05, 3.63) is 29.8 Å². The molecule has 1 fully saturated rings. The molecule has 1 aliphatic heterocycles. The summed E-state index contributed by atoms with van der Waals surface area (Å²) in [5.41, 5.74) is 0.764. The smallest absolute Gasteiger partial charge is 0.327 e. The van der Waals surface area contributed by atoms with Gasteiger partial charge in [-0.3, -0.25) is 4.52 Å². The zero-order valence-electron chi connectivity index (χ0n) is 10.7. The summed E-state index contributed by atoms with van der Waals surface area (Å²) in [6, 6.07) is 6.93. The van der Waals surface area contributed by atoms with Crippen molar-refractivity contribution in [2.45, 2.75) is 20.0 Å². The second-order valence-corrected chi connectivity index (χ2v) is 5.25. The van der Waals surface area contributed by atoms with Crippen LogP contribution in [0.1, 0.15) is 12.5 Å². The van der Waals surface area contributed by atoms with Gasteiger partial charge in [-0.2, -0.15) is 0 Å². The number of para-hydroxylation sites is 1. The second-order valence-electron chi connectivity index (χ2n) is 3.85. The first-order valence-electron chi connectivity index (χ1n) is 5.61. The van der Waals surface area contributed by atoms with Gasteiger partial charge in [0.25, 0.3) is 0 Å². The lowest BCUT2D eigenvalue weighted by molar-refractivity contribution is -0.692. The van der Waals surface area contributed by atoms with Gasteiger partial charge in [-0.15, -0.1) is 0 Å². The van der Waals surface area contributed by atoms with Gasteiger partial charge in [0, 0.05) is 0 Å². The summed E-state index contributed by atoms with van der Waals surface area (Å²) in [6.07, 6.45) is -0.688. The summed E-state index contributed by atoms with van der Waals surface area (Å²) in [4.78, 5) is 9.41. The Morgan fingerprint density at radius 2 is 2.05 bits per heavy atom. The van der Waals surface area contributed by atoms with Crippen molar-refractivity contribution in [2.24, 2.45) is 0 Å². The van der Waals surface area contributed by atoms with Gasteiger partial charge in [-0.05, 0) is 40.6 Å². The molecule has 1 heterocycles. The highest BCUT2D eigenvalue weighted by Gasteiger charge is 2.36. The van der Waals surface area contributed by atoms with Gasteiger partial charge in [0.05, 0.1) is 6.10 Å². The molecule has 2 unspecified atom stereocenters. The van der Waals surface area contributed by atoms with Gasteiger partial charge >= 0.3 is 7.82 Å². The van der Waals surface area contributed by atoms with Gasteiger partial charge in [-0.25, -0.2) is 9.45 Å². The molecule has 1 saturated heterocycles. The van der Waals surface area contributed by atoms with E-state index in [1.165, 1.54) is 0 Å². The minimum atomic E-state index is -4.18. The standard InChI is InChI=1S/C10H13O9P/c1-8-5-3-4-6-10(8)13-18-20(11)14-9(2)7-12-15-16-17-19-20/h3-6,9H,7H2,1-2H3. The third-order valence-electron chi connectivity index (χ3n) is 2.15. The van der Waals surface area contributed by atoms with Crippen molar-refractivity contribution in [3.8, 4) is 5.75 Å². The van der Waals surface area contributed by atoms with E-state index >= 15 is 0 Å². The van der Waals surface area contributed by atoms with Gasteiger partial charge in [0.2, 0.25) is 0 Å². The molecule has 1 aliphatic rings. The van der Waals surface area contributed by atoms with Gasteiger partial charge in [0.15, 0.2) is 5.75 Å². The van der Waals surface area contributed by atoms with Gasteiger partial charge in [-0.1, -0.05) is 27.5 Å². The van der Waals surface area contributed by atoms with E-state index in [-0.39, 0.29) is 6.61 Å². The van der Waals surface area contributed by atoms with Crippen molar-refractivity contribution in [1.29, 1.82) is 0 Å². The van der Waals surface area contributed by atoms with Crippen LogP contribution in [0.5, 0.6) is 5.75 Å². The maximum absolute atomic E-state index is 12.1. The van der Waals surface area contributed by atoms with E-state index in [0.29, 0.717) is 5.75 Å². The van der Waals surface area contributed by atoms with Crippen LogP contribution in [0.4, 0.5) is 0 Å². The number of aryl methyl sites for hydroxylation is 1. The second kappa shape index (κ2) is 7.11. The highest BCUT2D eigenvalue weighted by Crippen LogP contribution is 2.51. The predicted octanol–water partition coefficient (Wildman–Crippen LogP) is 2.58. The van der Waals surface area contributed by atoms with Crippen LogP contribution >= 0.6 is 7.82 Å². The predicted molar refractivity (Wildman–Crippen MR) is 61.3 cm³/mol. The molecule has 112 valence electrons. The zero-order chi connectivity index (χ0) is 14.4. The van der Waals surface area contributed by atoms with Crippen molar-refractivity contribution in [2.75, 3.05) is 6.61 Å². The molecular weight excluding hydrogens is 295 g/mol. The molecule has 0 aromatic heterocycles. The number of hydrogen-bond acceptors (Lipinski definition) is 9. The van der Waals surface area contributed by atoms with E-state index in [0.717, 1.165) is 5.56 Å². The van der Waals surface area contributed by atoms with Crippen LogP contribution in [0, 0.1) is 6.92 Å². The van der Waals surface area contributed by atoms with E-state index in [4.69, 9.17) is 14.1 Å². The fourth-order valence-corrected chi connectivity index (χ4v) is 2.11. The summed E-state index contributed by atoms with van der Waals surface area (Å²) in [5.74, 6) is 0.343. The van der Waals surface area contributed by atoms with Gasteiger partial charge < -0.3 is 4.89 Å². The molecule has 20 heavy (non-hydrogen) atoms. The van der Waals surface area contributed by atoms with E-state index in [9.17, 15) is 4.57 Å². The van der Waals surface area contributed by atoms with Crippen LogP contribution in [0.25, 0.3) is 0 Å². The number of phosphoric acid groups is 1. The highest BCUT2D eigenvalue weighted by atomic mass is 31.2. The molecule has 0 aliphatic carbocycles. The van der Waals surface area contributed by atoms with E-state index in [1.54, 1.807) is 32.0 Å². The molecule has 0 bridgehead atoms. The minimum Gasteiger partial charge on any atom is -0.327 e. The van der Waals surface area contributed by atoms with Crippen LogP contribution < -0.4 is 4.89 Å². The Labute approximate surface area is 114 Å². The first kappa shape index (κ1) is 15.4. The Balaban J connectivity index is 2.00. The average Bonchev–Trinajstić information content (AvgIpc) is 2.49. The Morgan fingerprint density at radius 3 is 2.85 bits per heavy atom. The first-order chi connectivity index (χ1) is 9.59. The average molecular weight is 308 g/mol. The Morgan fingerprint density at radius 1 is 1.25 bits per heavy atom. The highest BCUT2D eigenvalue weighted by molar-refractivity contribution is 7.48. The summed E-state index contributed by atoms with van der Waals surface area (Å²) in [7, 11) is -4.18. The van der Waals surface area contributed by atoms with E-state index in [2.05, 4.69) is 24.7 Å². The molecule has 0 radical (unpaired) electrons. The van der Waals surface area contributed by atoms with E-state index < -0.39 is 13.9 Å². The molecule has 0 amide bonds. The van der Waals surface area contributed by atoms with Crippen molar-refractivity contribution in [1.82, 2.24) is 0 Å². The summed E-state index contributed by atoms with van der Waals surface area (Å²) in [6.45, 7) is 3.23. The molecule has 1 aromatic carbocycles. The fraction of sp³-hybridized carbons (Fsp3) is 0.400. The van der Waals surface area contributed by atoms with Gasteiger partial charge in [0.1, 0.15) is 6.61 Å². The molecule has 0 saturated carbocycles. The molecule has 10 heteroatoms. The number of hydrogen-bond donors (Lipinski definition) is 0. The van der Waals surface area contributed by atoms with Crippen LogP contribution in [-0.2, 0) is 38.4 Å². The number of rotatable bonds is 3. The summed E-state index contributed by atoms with van der Waals surface area (Å²) < 4.78 is 26.2. The van der Waals surface area contributed by atoms with Crippen LogP contribution in [-0.4, -0.2) is 12.7 Å². The molecule has 2 rings (SSSR count). The molecule has 1 aromatic rings. The Kier molecular flexibility index (Phi) is 5.46. The van der Waals surface area contributed by atoms with Crippen LogP contribution in [0.3, 0.4) is 0 Å². The van der Waals surface area contributed by atoms with Crippen LogP contribution in [0.2, 0.25) is 0 Å². The van der Waals surface area contributed by atoms with Crippen molar-refractivity contribution in [3.63, 3.8) is 0 Å². The third-order valence-corrected chi connectivity index (χ3v) is 3.27. The fourth-order valence-electron chi connectivity index (χ4n) is 1.24. The minimum absolute atomic E-state index is 0.0928. The topological polar surface area (TPSA) is 90.9 Å². The quantitative estimate of drug-likeness (QED) is 0.474. The normalized spacial score (nSPS) is 28.2. The lowest BCUT2D eigenvalue weighted by atomic mass is 10.2. The first-order valence-corrected chi connectivity index (χ1v) is 7.07. The molecular formula is C10H13O9P. The summed E-state index contributed by atoms with van der Waals surface area (Å²) >= 11 is 0. The SMILES string of the molecule is Cc1ccccc1OOP1(=O)OOOOOCC(C)O1. The third kappa shape index (κ3) is 4.51.